The maximum atomic E-state index is 11.7. The number of nitrogens with one attached hydrogen (secondary N) is 1. The summed E-state index contributed by atoms with van der Waals surface area (Å²) < 4.78 is 45.7. The number of rotatable bonds is 6. The van der Waals surface area contributed by atoms with Crippen molar-refractivity contribution < 1.29 is 41.3 Å². The van der Waals surface area contributed by atoms with Crippen LogP contribution in [0.15, 0.2) is 38.4 Å². The second-order valence-electron chi connectivity index (χ2n) is 6.99. The topological polar surface area (TPSA) is 173 Å². The summed E-state index contributed by atoms with van der Waals surface area (Å²) in [6.45, 7) is 2.23. The molecule has 0 radical (unpaired) electrons. The minimum atomic E-state index is -4.80. The number of hydrogen-bond acceptors (Lipinski definition) is 10. The number of thioether (sulfide) groups is 1. The molecule has 1 aliphatic heterocycles. The molecular formula is C18H21NO10S2. The maximum Gasteiger partial charge on any atom is 0.397 e. The van der Waals surface area contributed by atoms with Crippen LogP contribution in [0.4, 0.5) is 0 Å². The number of carbonyl (C=O) groups excluding carboxylic acids is 1. The van der Waals surface area contributed by atoms with E-state index in [1.165, 1.54) is 13.0 Å². The van der Waals surface area contributed by atoms with Crippen LogP contribution in [0.5, 0.6) is 0 Å². The lowest BCUT2D eigenvalue weighted by Crippen LogP contribution is -2.63. The van der Waals surface area contributed by atoms with Gasteiger partial charge in [-0.05, 0) is 30.7 Å². The summed E-state index contributed by atoms with van der Waals surface area (Å²) in [6.07, 6.45) is -4.45. The zero-order valence-corrected chi connectivity index (χ0v) is 18.1. The van der Waals surface area contributed by atoms with Crippen LogP contribution < -0.4 is 10.9 Å². The molecule has 1 aromatic heterocycles. The molecule has 1 amide bonds. The van der Waals surface area contributed by atoms with Crippen molar-refractivity contribution in [2.24, 2.45) is 0 Å². The highest BCUT2D eigenvalue weighted by molar-refractivity contribution is 7.99. The molecule has 11 nitrogen and oxygen atoms in total. The Bertz CT molecular complexity index is 1130. The van der Waals surface area contributed by atoms with Crippen molar-refractivity contribution >= 4 is 39.0 Å². The van der Waals surface area contributed by atoms with Crippen LogP contribution in [0.1, 0.15) is 12.5 Å². The first-order chi connectivity index (χ1) is 14.4. The van der Waals surface area contributed by atoms with Gasteiger partial charge in [-0.3, -0.25) is 9.35 Å². The van der Waals surface area contributed by atoms with E-state index in [-0.39, 0.29) is 0 Å². The summed E-state index contributed by atoms with van der Waals surface area (Å²) in [6, 6.07) is 5.35. The molecule has 13 heteroatoms. The lowest BCUT2D eigenvalue weighted by atomic mass is 9.98. The predicted octanol–water partition coefficient (Wildman–Crippen LogP) is -0.0357. The smallest absolute Gasteiger partial charge is 0.397 e. The van der Waals surface area contributed by atoms with Gasteiger partial charge in [0.1, 0.15) is 29.3 Å². The number of amides is 1. The van der Waals surface area contributed by atoms with Crippen molar-refractivity contribution in [2.75, 3.05) is 6.61 Å². The molecule has 0 aliphatic carbocycles. The normalized spacial score (nSPS) is 26.7. The van der Waals surface area contributed by atoms with E-state index in [9.17, 15) is 28.2 Å². The van der Waals surface area contributed by atoms with E-state index >= 15 is 0 Å². The third-order valence-corrected chi connectivity index (χ3v) is 6.22. The first-order valence-corrected chi connectivity index (χ1v) is 11.3. The zero-order valence-electron chi connectivity index (χ0n) is 16.4. The van der Waals surface area contributed by atoms with Crippen LogP contribution in [0, 0.1) is 6.92 Å². The van der Waals surface area contributed by atoms with Gasteiger partial charge in [0.05, 0.1) is 12.6 Å². The molecule has 2 heterocycles. The summed E-state index contributed by atoms with van der Waals surface area (Å²) in [5.41, 5.74) is -0.438. The Hall–Kier alpha value is -2.00. The highest BCUT2D eigenvalue weighted by Gasteiger charge is 2.45. The average molecular weight is 475 g/mol. The number of ether oxygens (including phenoxy) is 1. The Morgan fingerprint density at radius 2 is 1.97 bits per heavy atom. The Kier molecular flexibility index (Phi) is 7.05. The molecule has 3 rings (SSSR count). The molecule has 5 atom stereocenters. The minimum absolute atomic E-state index is 0.328. The van der Waals surface area contributed by atoms with Gasteiger partial charge in [-0.15, -0.1) is 0 Å². The van der Waals surface area contributed by atoms with Crippen LogP contribution in [0.3, 0.4) is 0 Å². The van der Waals surface area contributed by atoms with E-state index < -0.39 is 58.3 Å². The van der Waals surface area contributed by atoms with Gasteiger partial charge in [0.15, 0.2) is 0 Å². The fraction of sp³-hybridized carbons (Fsp3) is 0.444. The largest absolute Gasteiger partial charge is 0.423 e. The van der Waals surface area contributed by atoms with Gasteiger partial charge >= 0.3 is 16.0 Å². The highest BCUT2D eigenvalue weighted by Crippen LogP contribution is 2.35. The van der Waals surface area contributed by atoms with Gasteiger partial charge in [0.25, 0.3) is 0 Å². The number of aryl methyl sites for hydroxylation is 1. The number of benzene rings is 1. The van der Waals surface area contributed by atoms with Gasteiger partial charge < -0.3 is 24.7 Å². The number of hydrogen-bond donors (Lipinski definition) is 4. The Labute approximate surface area is 181 Å². The standard InChI is InChI=1S/C18H21NO10S2/c1-8-5-14(21)28-12-6-10(3-4-11(8)12)30-18-15(19-9(2)20)17(23)16(22)13(29-18)7-27-31(24,25)26/h3-6,13,15-18,22-23H,7H2,1-2H3,(H,19,20)(H,24,25,26)/t13?,15-,16?,17?,18?/m0/s1. The molecule has 1 saturated heterocycles. The van der Waals surface area contributed by atoms with Gasteiger partial charge in [-0.25, -0.2) is 8.98 Å². The Balaban J connectivity index is 1.89. The van der Waals surface area contributed by atoms with Gasteiger partial charge in [-0.1, -0.05) is 11.8 Å². The average Bonchev–Trinajstić information content (AvgIpc) is 2.65. The first kappa shape index (κ1) is 23.7. The second-order valence-corrected chi connectivity index (χ2v) is 9.25. The molecule has 0 bridgehead atoms. The molecule has 0 spiro atoms. The van der Waals surface area contributed by atoms with E-state index in [4.69, 9.17) is 13.7 Å². The fourth-order valence-electron chi connectivity index (χ4n) is 3.22. The molecule has 170 valence electrons. The van der Waals surface area contributed by atoms with Crippen LogP contribution in [-0.2, 0) is 24.1 Å². The van der Waals surface area contributed by atoms with Crippen molar-refractivity contribution in [3.05, 3.63) is 40.2 Å². The van der Waals surface area contributed by atoms with Gasteiger partial charge in [-0.2, -0.15) is 8.42 Å². The lowest BCUT2D eigenvalue weighted by Gasteiger charge is -2.42. The van der Waals surface area contributed by atoms with Crippen LogP contribution in [-0.4, -0.2) is 65.5 Å². The summed E-state index contributed by atoms with van der Waals surface area (Å²) in [4.78, 5) is 23.8. The van der Waals surface area contributed by atoms with Crippen molar-refractivity contribution in [2.45, 2.75) is 48.5 Å². The highest BCUT2D eigenvalue weighted by atomic mass is 32.3. The van der Waals surface area contributed by atoms with E-state index in [2.05, 4.69) is 9.50 Å². The molecule has 1 aliphatic rings. The number of carbonyl (C=O) groups is 1. The van der Waals surface area contributed by atoms with Crippen molar-refractivity contribution in [3.63, 3.8) is 0 Å². The lowest BCUT2D eigenvalue weighted by molar-refractivity contribution is -0.171. The molecule has 4 N–H and O–H groups in total. The van der Waals surface area contributed by atoms with E-state index in [0.717, 1.165) is 22.7 Å². The Morgan fingerprint density at radius 1 is 1.26 bits per heavy atom. The number of aliphatic hydroxyl groups is 2. The summed E-state index contributed by atoms with van der Waals surface area (Å²) in [5, 5.41) is 24.0. The van der Waals surface area contributed by atoms with Crippen LogP contribution >= 0.6 is 11.8 Å². The monoisotopic (exact) mass is 475 g/mol. The summed E-state index contributed by atoms with van der Waals surface area (Å²) in [7, 11) is -4.80. The predicted molar refractivity (Wildman–Crippen MR) is 109 cm³/mol. The quantitative estimate of drug-likeness (QED) is 0.326. The van der Waals surface area contributed by atoms with E-state index in [0.29, 0.717) is 10.5 Å². The molecule has 0 saturated carbocycles. The van der Waals surface area contributed by atoms with Crippen LogP contribution in [0.2, 0.25) is 0 Å². The molecule has 4 unspecified atom stereocenters. The maximum absolute atomic E-state index is 11.7. The molecular weight excluding hydrogens is 454 g/mol. The first-order valence-electron chi connectivity index (χ1n) is 9.06. The van der Waals surface area contributed by atoms with E-state index in [1.807, 2.05) is 0 Å². The molecule has 2 aromatic rings. The van der Waals surface area contributed by atoms with Gasteiger partial charge in [0.2, 0.25) is 5.91 Å². The van der Waals surface area contributed by atoms with Crippen molar-refractivity contribution in [1.29, 1.82) is 0 Å². The van der Waals surface area contributed by atoms with Crippen LogP contribution in [0.25, 0.3) is 11.0 Å². The third kappa shape index (κ3) is 5.83. The molecule has 31 heavy (non-hydrogen) atoms. The zero-order chi connectivity index (χ0) is 22.9. The summed E-state index contributed by atoms with van der Waals surface area (Å²) >= 11 is 1.05. The fourth-order valence-corrected chi connectivity index (χ4v) is 4.69. The van der Waals surface area contributed by atoms with E-state index in [1.54, 1.807) is 25.1 Å². The minimum Gasteiger partial charge on any atom is -0.423 e. The SMILES string of the molecule is CC(=O)N[C@@H]1C(Sc2ccc3c(C)cc(=O)oc3c2)OC(COS(=O)(=O)O)C(O)C1O. The van der Waals surface area contributed by atoms with Crippen molar-refractivity contribution in [1.82, 2.24) is 5.32 Å². The number of fused-ring (bicyclic) bond motifs is 1. The molecule has 1 aromatic carbocycles. The summed E-state index contributed by atoms with van der Waals surface area (Å²) in [5.74, 6) is -0.488. The second kappa shape index (κ2) is 9.24. The molecule has 1 fully saturated rings. The number of aliphatic hydroxyl groups excluding tert-OH is 2. The van der Waals surface area contributed by atoms with Crippen molar-refractivity contribution in [3.8, 4) is 0 Å². The Morgan fingerprint density at radius 3 is 2.61 bits per heavy atom. The van der Waals surface area contributed by atoms with Gasteiger partial charge in [0, 0.05) is 23.3 Å². The third-order valence-electron chi connectivity index (χ3n) is 4.63.